The lowest BCUT2D eigenvalue weighted by atomic mass is 10.1. The van der Waals surface area contributed by atoms with Crippen molar-refractivity contribution in [2.45, 2.75) is 32.9 Å². The van der Waals surface area contributed by atoms with Crippen molar-refractivity contribution in [3.05, 3.63) is 51.5 Å². The fourth-order valence-electron chi connectivity index (χ4n) is 3.26. The Morgan fingerprint density at radius 3 is 2.63 bits per heavy atom. The van der Waals surface area contributed by atoms with Gasteiger partial charge in [0.05, 0.1) is 11.0 Å². The Balaban J connectivity index is 1.51. The number of amides is 1. The minimum atomic E-state index is -4.67. The van der Waals surface area contributed by atoms with Gasteiger partial charge in [-0.1, -0.05) is 0 Å². The van der Waals surface area contributed by atoms with Crippen LogP contribution in [0.25, 0.3) is 16.8 Å². The Bertz CT molecular complexity index is 1330. The first kappa shape index (κ1) is 19.6. The summed E-state index contributed by atoms with van der Waals surface area (Å²) in [5.41, 5.74) is 2.90. The van der Waals surface area contributed by atoms with Crippen LogP contribution in [0.5, 0.6) is 0 Å². The Morgan fingerprint density at radius 1 is 1.17 bits per heavy atom. The summed E-state index contributed by atoms with van der Waals surface area (Å²) in [4.78, 5) is 36.4. The van der Waals surface area contributed by atoms with E-state index in [9.17, 15) is 22.8 Å². The van der Waals surface area contributed by atoms with E-state index in [0.29, 0.717) is 33.7 Å². The van der Waals surface area contributed by atoms with Crippen molar-refractivity contribution in [1.29, 1.82) is 0 Å². The molecule has 0 aliphatic heterocycles. The maximum atomic E-state index is 12.9. The number of nitrogens with zero attached hydrogens (tertiary/aromatic N) is 4. The first-order valence-electron chi connectivity index (χ1n) is 8.94. The van der Waals surface area contributed by atoms with E-state index in [-0.39, 0.29) is 30.2 Å². The first-order chi connectivity index (χ1) is 14.1. The van der Waals surface area contributed by atoms with Crippen LogP contribution in [0.1, 0.15) is 29.2 Å². The van der Waals surface area contributed by atoms with Crippen LogP contribution in [0, 0.1) is 13.8 Å². The monoisotopic (exact) mass is 419 g/mol. The first-order valence-corrected chi connectivity index (χ1v) is 8.94. The van der Waals surface area contributed by atoms with Gasteiger partial charge in [-0.25, -0.2) is 14.3 Å². The average Bonchev–Trinajstić information content (AvgIpc) is 3.23. The average molecular weight is 419 g/mol. The second-order valence-corrected chi connectivity index (χ2v) is 6.79. The van der Waals surface area contributed by atoms with Crippen molar-refractivity contribution in [3.63, 3.8) is 0 Å². The van der Waals surface area contributed by atoms with Crippen LogP contribution in [0.4, 0.5) is 18.9 Å². The van der Waals surface area contributed by atoms with Gasteiger partial charge in [0.2, 0.25) is 5.91 Å². The van der Waals surface area contributed by atoms with Gasteiger partial charge in [-0.05, 0) is 44.0 Å². The molecule has 3 N–H and O–H groups in total. The summed E-state index contributed by atoms with van der Waals surface area (Å²) in [6.07, 6.45) is -4.33. The minimum Gasteiger partial charge on any atom is -0.326 e. The third kappa shape index (κ3) is 3.63. The molecule has 1 aromatic carbocycles. The highest BCUT2D eigenvalue weighted by molar-refractivity contribution is 5.93. The maximum Gasteiger partial charge on any atom is 0.453 e. The number of aryl methyl sites for hydroxylation is 2. The van der Waals surface area contributed by atoms with Crippen molar-refractivity contribution in [3.8, 4) is 0 Å². The van der Waals surface area contributed by atoms with Crippen LogP contribution >= 0.6 is 0 Å². The number of nitrogens with one attached hydrogen (secondary N) is 3. The minimum absolute atomic E-state index is 0.0807. The summed E-state index contributed by atoms with van der Waals surface area (Å²) in [6, 6.07) is 4.95. The number of aromatic amines is 2. The lowest BCUT2D eigenvalue weighted by Crippen LogP contribution is -2.14. The van der Waals surface area contributed by atoms with Gasteiger partial charge < -0.3 is 15.3 Å². The van der Waals surface area contributed by atoms with Gasteiger partial charge in [0.1, 0.15) is 0 Å². The Hall–Kier alpha value is -3.70. The van der Waals surface area contributed by atoms with E-state index in [1.54, 1.807) is 32.0 Å². The van der Waals surface area contributed by atoms with Crippen molar-refractivity contribution in [2.24, 2.45) is 0 Å². The molecule has 30 heavy (non-hydrogen) atoms. The van der Waals surface area contributed by atoms with Crippen molar-refractivity contribution in [1.82, 2.24) is 29.5 Å². The third-order valence-corrected chi connectivity index (χ3v) is 4.70. The molecule has 0 aliphatic rings. The molecule has 1 amide bonds. The molecule has 4 aromatic rings. The molecule has 0 aliphatic carbocycles. The van der Waals surface area contributed by atoms with E-state index < -0.39 is 12.0 Å². The molecule has 3 aromatic heterocycles. The molecule has 0 atom stereocenters. The number of carbonyl (C=O) groups is 1. The standard InChI is InChI=1S/C18H16F3N7O2/c1-8-11(9(2)28-16(22-8)26-15(27-28)18(19,20)21)4-6-14(29)23-10-3-5-12-13(7-10)25-17(30)24-12/h3,5,7H,4,6H2,1-2H3,(H,23,29)(H2,24,25,30). The molecular formula is C18H16F3N7O2. The number of alkyl halides is 3. The molecule has 0 spiro atoms. The number of aromatic nitrogens is 6. The number of fused-ring (bicyclic) bond motifs is 2. The van der Waals surface area contributed by atoms with Crippen molar-refractivity contribution >= 4 is 28.4 Å². The summed E-state index contributed by atoms with van der Waals surface area (Å²) < 4.78 is 39.7. The Labute approximate surface area is 166 Å². The number of hydrogen-bond acceptors (Lipinski definition) is 5. The molecule has 12 heteroatoms. The topological polar surface area (TPSA) is 121 Å². The lowest BCUT2D eigenvalue weighted by Gasteiger charge is -2.10. The highest BCUT2D eigenvalue weighted by atomic mass is 19.4. The van der Waals surface area contributed by atoms with Crippen LogP contribution in [0.2, 0.25) is 0 Å². The van der Waals surface area contributed by atoms with Gasteiger partial charge in [0.15, 0.2) is 0 Å². The summed E-state index contributed by atoms with van der Waals surface area (Å²) in [6.45, 7) is 3.26. The smallest absolute Gasteiger partial charge is 0.326 e. The largest absolute Gasteiger partial charge is 0.453 e. The number of benzene rings is 1. The number of rotatable bonds is 4. The van der Waals surface area contributed by atoms with E-state index in [0.717, 1.165) is 4.52 Å². The summed E-state index contributed by atoms with van der Waals surface area (Å²) in [5, 5.41) is 6.23. The van der Waals surface area contributed by atoms with Gasteiger partial charge in [0.25, 0.3) is 11.6 Å². The number of imidazole rings is 1. The molecule has 0 saturated carbocycles. The fourth-order valence-corrected chi connectivity index (χ4v) is 3.26. The summed E-state index contributed by atoms with van der Waals surface area (Å²) in [5.74, 6) is -1.69. The Kier molecular flexibility index (Phi) is 4.56. The molecule has 4 rings (SSSR count). The molecular weight excluding hydrogens is 403 g/mol. The maximum absolute atomic E-state index is 12.9. The van der Waals surface area contributed by atoms with E-state index >= 15 is 0 Å². The van der Waals surface area contributed by atoms with Gasteiger partial charge in [0, 0.05) is 23.5 Å². The van der Waals surface area contributed by atoms with Gasteiger partial charge in [-0.3, -0.25) is 4.79 Å². The predicted molar refractivity (Wildman–Crippen MR) is 101 cm³/mol. The Morgan fingerprint density at radius 2 is 1.90 bits per heavy atom. The molecule has 0 radical (unpaired) electrons. The van der Waals surface area contributed by atoms with Crippen LogP contribution in [-0.2, 0) is 17.4 Å². The molecule has 9 nitrogen and oxygen atoms in total. The SMILES string of the molecule is Cc1nc2nc(C(F)(F)F)nn2c(C)c1CCC(=O)Nc1ccc2[nH]c(=O)[nH]c2c1. The molecule has 3 heterocycles. The zero-order valence-electron chi connectivity index (χ0n) is 15.9. The number of hydrogen-bond donors (Lipinski definition) is 3. The third-order valence-electron chi connectivity index (χ3n) is 4.70. The normalized spacial score (nSPS) is 12.0. The van der Waals surface area contributed by atoms with E-state index in [1.807, 2.05) is 0 Å². The van der Waals surface area contributed by atoms with Crippen LogP contribution in [0.3, 0.4) is 0 Å². The highest BCUT2D eigenvalue weighted by Crippen LogP contribution is 2.27. The number of anilines is 1. The van der Waals surface area contributed by atoms with Crippen LogP contribution in [0.15, 0.2) is 23.0 Å². The van der Waals surface area contributed by atoms with Crippen molar-refractivity contribution < 1.29 is 18.0 Å². The van der Waals surface area contributed by atoms with Crippen molar-refractivity contribution in [2.75, 3.05) is 5.32 Å². The van der Waals surface area contributed by atoms with E-state index in [4.69, 9.17) is 0 Å². The zero-order valence-corrected chi connectivity index (χ0v) is 15.9. The predicted octanol–water partition coefficient (Wildman–Crippen LogP) is 2.50. The number of H-pyrrole nitrogens is 2. The zero-order chi connectivity index (χ0) is 21.6. The molecule has 156 valence electrons. The quantitative estimate of drug-likeness (QED) is 0.469. The van der Waals surface area contributed by atoms with Gasteiger partial charge in [-0.15, -0.1) is 5.10 Å². The van der Waals surface area contributed by atoms with Crippen LogP contribution < -0.4 is 11.0 Å². The molecule has 0 saturated heterocycles. The van der Waals surface area contributed by atoms with E-state index in [1.165, 1.54) is 0 Å². The summed E-state index contributed by atoms with van der Waals surface area (Å²) >= 11 is 0. The fraction of sp³-hybridized carbons (Fsp3) is 0.278. The molecule has 0 unspecified atom stereocenters. The summed E-state index contributed by atoms with van der Waals surface area (Å²) in [7, 11) is 0. The highest BCUT2D eigenvalue weighted by Gasteiger charge is 2.36. The van der Waals surface area contributed by atoms with E-state index in [2.05, 4.69) is 30.4 Å². The van der Waals surface area contributed by atoms with Gasteiger partial charge >= 0.3 is 11.9 Å². The second kappa shape index (κ2) is 6.97. The molecule has 0 fully saturated rings. The second-order valence-electron chi connectivity index (χ2n) is 6.79. The lowest BCUT2D eigenvalue weighted by molar-refractivity contribution is -0.144. The van der Waals surface area contributed by atoms with Crippen LogP contribution in [-0.4, -0.2) is 35.5 Å². The molecule has 0 bridgehead atoms. The van der Waals surface area contributed by atoms with Gasteiger partial charge in [-0.2, -0.15) is 18.2 Å². The number of halogens is 3. The number of carbonyl (C=O) groups excluding carboxylic acids is 1.